The van der Waals surface area contributed by atoms with E-state index in [0.29, 0.717) is 18.5 Å². The summed E-state index contributed by atoms with van der Waals surface area (Å²) in [6, 6.07) is 1.65. The van der Waals surface area contributed by atoms with Crippen molar-refractivity contribution in [2.75, 3.05) is 13.1 Å². The lowest BCUT2D eigenvalue weighted by molar-refractivity contribution is -0.139. The highest BCUT2D eigenvalue weighted by Crippen LogP contribution is 2.15. The van der Waals surface area contributed by atoms with Crippen LogP contribution in [0.1, 0.15) is 25.0 Å². The van der Waals surface area contributed by atoms with Gasteiger partial charge in [-0.05, 0) is 19.4 Å². The van der Waals surface area contributed by atoms with Crippen LogP contribution in [0.2, 0.25) is 0 Å². The number of carbonyl (C=O) groups excluding carboxylic acids is 2. The summed E-state index contributed by atoms with van der Waals surface area (Å²) in [7, 11) is 0. The number of hydrogen-bond donors (Lipinski definition) is 3. The fraction of sp³-hybridized carbons (Fsp3) is 0.455. The SMILES string of the molecule is CCNC(=O)C(=O)NCCC(O)c1ccoc1. The van der Waals surface area contributed by atoms with Crippen LogP contribution in [-0.4, -0.2) is 30.0 Å². The highest BCUT2D eigenvalue weighted by atomic mass is 16.3. The molecule has 2 amide bonds. The number of furan rings is 1. The predicted octanol–water partition coefficient (Wildman–Crippen LogP) is -0.0446. The topological polar surface area (TPSA) is 91.6 Å². The first-order valence-corrected chi connectivity index (χ1v) is 5.41. The molecule has 6 nitrogen and oxygen atoms in total. The van der Waals surface area contributed by atoms with Crippen molar-refractivity contribution in [3.63, 3.8) is 0 Å². The third kappa shape index (κ3) is 4.28. The molecule has 0 aromatic carbocycles. The maximum atomic E-state index is 11.2. The van der Waals surface area contributed by atoms with E-state index in [0.717, 1.165) is 0 Å². The minimum Gasteiger partial charge on any atom is -0.472 e. The zero-order chi connectivity index (χ0) is 12.7. The Bertz CT molecular complexity index is 362. The molecule has 0 saturated heterocycles. The minimum absolute atomic E-state index is 0.225. The lowest BCUT2D eigenvalue weighted by Gasteiger charge is -2.09. The Morgan fingerprint density at radius 1 is 1.41 bits per heavy atom. The van der Waals surface area contributed by atoms with Crippen molar-refractivity contribution in [1.29, 1.82) is 0 Å². The number of carbonyl (C=O) groups is 2. The van der Waals surface area contributed by atoms with Crippen LogP contribution in [0.15, 0.2) is 23.0 Å². The fourth-order valence-electron chi connectivity index (χ4n) is 1.27. The molecule has 0 fully saturated rings. The van der Waals surface area contributed by atoms with Crippen LogP contribution in [0, 0.1) is 0 Å². The van der Waals surface area contributed by atoms with Crippen LogP contribution in [0.3, 0.4) is 0 Å². The van der Waals surface area contributed by atoms with E-state index < -0.39 is 17.9 Å². The molecule has 0 aliphatic rings. The molecule has 0 aliphatic heterocycles. The van der Waals surface area contributed by atoms with Gasteiger partial charge in [-0.25, -0.2) is 0 Å². The first kappa shape index (κ1) is 13.2. The second kappa shape index (κ2) is 6.70. The van der Waals surface area contributed by atoms with Crippen molar-refractivity contribution in [3.8, 4) is 0 Å². The number of amides is 2. The summed E-state index contributed by atoms with van der Waals surface area (Å²) < 4.78 is 4.82. The second-order valence-corrected chi connectivity index (χ2v) is 3.48. The molecule has 0 aliphatic carbocycles. The quantitative estimate of drug-likeness (QED) is 0.629. The Kier molecular flexibility index (Phi) is 5.22. The molecule has 17 heavy (non-hydrogen) atoms. The van der Waals surface area contributed by atoms with Gasteiger partial charge in [0.25, 0.3) is 0 Å². The summed E-state index contributed by atoms with van der Waals surface area (Å²) in [5.74, 6) is -1.35. The number of hydrogen-bond acceptors (Lipinski definition) is 4. The molecular formula is C11H16N2O4. The van der Waals surface area contributed by atoms with Gasteiger partial charge in [0.2, 0.25) is 0 Å². The van der Waals surface area contributed by atoms with Gasteiger partial charge in [0.05, 0.1) is 18.6 Å². The first-order valence-electron chi connectivity index (χ1n) is 5.41. The molecular weight excluding hydrogens is 224 g/mol. The third-order valence-corrected chi connectivity index (χ3v) is 2.17. The average Bonchev–Trinajstić information content (AvgIpc) is 2.82. The van der Waals surface area contributed by atoms with Gasteiger partial charge in [0.1, 0.15) is 0 Å². The first-order chi connectivity index (χ1) is 8.15. The molecule has 0 bridgehead atoms. The van der Waals surface area contributed by atoms with Crippen molar-refractivity contribution < 1.29 is 19.1 Å². The molecule has 1 rings (SSSR count). The molecule has 0 radical (unpaired) electrons. The predicted molar refractivity (Wildman–Crippen MR) is 60.0 cm³/mol. The summed E-state index contributed by atoms with van der Waals surface area (Å²) >= 11 is 0. The molecule has 0 spiro atoms. The molecule has 1 atom stereocenters. The van der Waals surface area contributed by atoms with Crippen molar-refractivity contribution in [1.82, 2.24) is 10.6 Å². The number of rotatable bonds is 5. The van der Waals surface area contributed by atoms with Crippen LogP contribution in [0.5, 0.6) is 0 Å². The normalized spacial score (nSPS) is 11.9. The van der Waals surface area contributed by atoms with Gasteiger partial charge in [-0.3, -0.25) is 9.59 Å². The van der Waals surface area contributed by atoms with Crippen molar-refractivity contribution in [2.45, 2.75) is 19.4 Å². The number of aliphatic hydroxyl groups is 1. The molecule has 1 aromatic heterocycles. The van der Waals surface area contributed by atoms with Gasteiger partial charge in [-0.2, -0.15) is 0 Å². The van der Waals surface area contributed by atoms with Gasteiger partial charge >= 0.3 is 11.8 Å². The summed E-state index contributed by atoms with van der Waals surface area (Å²) in [5, 5.41) is 14.5. The molecule has 6 heteroatoms. The number of aliphatic hydroxyl groups excluding tert-OH is 1. The third-order valence-electron chi connectivity index (χ3n) is 2.17. The summed E-state index contributed by atoms with van der Waals surface area (Å²) in [6.45, 7) is 2.36. The highest BCUT2D eigenvalue weighted by molar-refractivity contribution is 6.35. The van der Waals surface area contributed by atoms with E-state index in [9.17, 15) is 14.7 Å². The van der Waals surface area contributed by atoms with Gasteiger partial charge in [0.15, 0.2) is 0 Å². The van der Waals surface area contributed by atoms with Crippen LogP contribution >= 0.6 is 0 Å². The summed E-state index contributed by atoms with van der Waals surface area (Å²) in [6.07, 6.45) is 2.52. The van der Waals surface area contributed by atoms with Crippen molar-refractivity contribution in [3.05, 3.63) is 24.2 Å². The van der Waals surface area contributed by atoms with Gasteiger partial charge in [-0.15, -0.1) is 0 Å². The highest BCUT2D eigenvalue weighted by Gasteiger charge is 2.13. The zero-order valence-electron chi connectivity index (χ0n) is 9.60. The van der Waals surface area contributed by atoms with Crippen LogP contribution < -0.4 is 10.6 Å². The minimum atomic E-state index is -0.705. The van der Waals surface area contributed by atoms with Gasteiger partial charge in [-0.1, -0.05) is 0 Å². The summed E-state index contributed by atoms with van der Waals surface area (Å²) in [4.78, 5) is 22.2. The van der Waals surface area contributed by atoms with Crippen LogP contribution in [-0.2, 0) is 9.59 Å². The smallest absolute Gasteiger partial charge is 0.309 e. The Morgan fingerprint density at radius 2 is 2.12 bits per heavy atom. The molecule has 1 heterocycles. The Labute approximate surface area is 99.0 Å². The maximum Gasteiger partial charge on any atom is 0.309 e. The van der Waals surface area contributed by atoms with Crippen LogP contribution in [0.25, 0.3) is 0 Å². The van der Waals surface area contributed by atoms with E-state index in [-0.39, 0.29) is 6.54 Å². The summed E-state index contributed by atoms with van der Waals surface area (Å²) in [5.41, 5.74) is 0.650. The van der Waals surface area contributed by atoms with E-state index in [1.165, 1.54) is 12.5 Å². The van der Waals surface area contributed by atoms with E-state index in [4.69, 9.17) is 4.42 Å². The molecule has 3 N–H and O–H groups in total. The van der Waals surface area contributed by atoms with Crippen LogP contribution in [0.4, 0.5) is 0 Å². The Morgan fingerprint density at radius 3 is 2.71 bits per heavy atom. The van der Waals surface area contributed by atoms with Crippen molar-refractivity contribution >= 4 is 11.8 Å². The average molecular weight is 240 g/mol. The monoisotopic (exact) mass is 240 g/mol. The van der Waals surface area contributed by atoms with Gasteiger partial charge < -0.3 is 20.2 Å². The zero-order valence-corrected chi connectivity index (χ0v) is 9.60. The van der Waals surface area contributed by atoms with E-state index >= 15 is 0 Å². The second-order valence-electron chi connectivity index (χ2n) is 3.48. The largest absolute Gasteiger partial charge is 0.472 e. The lowest BCUT2D eigenvalue weighted by Crippen LogP contribution is -2.40. The Balaban J connectivity index is 2.24. The van der Waals surface area contributed by atoms with E-state index in [2.05, 4.69) is 10.6 Å². The van der Waals surface area contributed by atoms with E-state index in [1.54, 1.807) is 13.0 Å². The van der Waals surface area contributed by atoms with Crippen molar-refractivity contribution in [2.24, 2.45) is 0 Å². The Hall–Kier alpha value is -1.82. The molecule has 1 unspecified atom stereocenters. The number of likely N-dealkylation sites (N-methyl/N-ethyl adjacent to an activating group) is 1. The van der Waals surface area contributed by atoms with Gasteiger partial charge in [0, 0.05) is 18.7 Å². The lowest BCUT2D eigenvalue weighted by atomic mass is 10.1. The number of nitrogens with one attached hydrogen (secondary N) is 2. The molecule has 0 saturated carbocycles. The standard InChI is InChI=1S/C11H16N2O4/c1-2-12-10(15)11(16)13-5-3-9(14)8-4-6-17-7-8/h4,6-7,9,14H,2-3,5H2,1H3,(H,12,15)(H,13,16). The molecule has 94 valence electrons. The van der Waals surface area contributed by atoms with E-state index in [1.807, 2.05) is 0 Å². The fourth-order valence-corrected chi connectivity index (χ4v) is 1.27. The molecule has 1 aromatic rings. The maximum absolute atomic E-state index is 11.2.